The second-order valence-corrected chi connectivity index (χ2v) is 8.32. The van der Waals surface area contributed by atoms with Crippen LogP contribution in [0.5, 0.6) is 5.75 Å². The Labute approximate surface area is 161 Å². The van der Waals surface area contributed by atoms with E-state index in [1.54, 1.807) is 0 Å². The van der Waals surface area contributed by atoms with Crippen LogP contribution >= 0.6 is 0 Å². The molecule has 0 saturated heterocycles. The van der Waals surface area contributed by atoms with Gasteiger partial charge in [0.2, 0.25) is 0 Å². The first-order chi connectivity index (χ1) is 13.1. The number of hydrogen-bond acceptors (Lipinski definition) is 2. The highest BCUT2D eigenvalue weighted by Crippen LogP contribution is 2.47. The number of rotatable bonds is 9. The number of carboxylic acid groups (broad SMARTS) is 1. The third-order valence-corrected chi connectivity index (χ3v) is 6.17. The van der Waals surface area contributed by atoms with Gasteiger partial charge in [-0.05, 0) is 72.6 Å². The van der Waals surface area contributed by atoms with E-state index in [9.17, 15) is 9.90 Å². The van der Waals surface area contributed by atoms with E-state index in [1.165, 1.54) is 12.0 Å². The van der Waals surface area contributed by atoms with E-state index in [0.29, 0.717) is 11.8 Å². The first-order valence-electron chi connectivity index (χ1n) is 10.1. The van der Waals surface area contributed by atoms with Gasteiger partial charge in [-0.3, -0.25) is 4.79 Å². The summed E-state index contributed by atoms with van der Waals surface area (Å²) >= 11 is 0. The minimum atomic E-state index is -0.708. The van der Waals surface area contributed by atoms with E-state index in [4.69, 9.17) is 4.74 Å². The molecule has 0 radical (unpaired) electrons. The van der Waals surface area contributed by atoms with Gasteiger partial charge in [-0.1, -0.05) is 49.4 Å². The Morgan fingerprint density at radius 2 is 1.89 bits per heavy atom. The molecule has 4 unspecified atom stereocenters. The van der Waals surface area contributed by atoms with Gasteiger partial charge in [-0.2, -0.15) is 0 Å². The van der Waals surface area contributed by atoms with Gasteiger partial charge in [0.15, 0.2) is 0 Å². The van der Waals surface area contributed by atoms with Crippen molar-refractivity contribution in [3.8, 4) is 5.75 Å². The molecule has 2 aliphatic carbocycles. The normalized spacial score (nSPS) is 23.4. The molecule has 27 heavy (non-hydrogen) atoms. The largest absolute Gasteiger partial charge is 0.493 e. The van der Waals surface area contributed by atoms with E-state index in [-0.39, 0.29) is 11.8 Å². The second-order valence-electron chi connectivity index (χ2n) is 8.32. The van der Waals surface area contributed by atoms with Gasteiger partial charge in [0.1, 0.15) is 5.75 Å². The Morgan fingerprint density at radius 1 is 1.11 bits per heavy atom. The van der Waals surface area contributed by atoms with Crippen LogP contribution in [0.4, 0.5) is 0 Å². The molecular formula is C24H28O3. The smallest absolute Gasteiger partial charge is 0.306 e. The molecule has 2 fully saturated rings. The summed E-state index contributed by atoms with van der Waals surface area (Å²) in [4.78, 5) is 11.5. The molecule has 2 saturated carbocycles. The van der Waals surface area contributed by atoms with Crippen LogP contribution in [0.2, 0.25) is 0 Å². The lowest BCUT2D eigenvalue weighted by molar-refractivity contribution is -0.142. The van der Waals surface area contributed by atoms with Crippen molar-refractivity contribution < 1.29 is 14.6 Å². The molecule has 4 rings (SSSR count). The van der Waals surface area contributed by atoms with Crippen molar-refractivity contribution in [3.05, 3.63) is 65.7 Å². The number of carbonyl (C=O) groups is 1. The lowest BCUT2D eigenvalue weighted by atomic mass is 9.83. The van der Waals surface area contributed by atoms with Crippen molar-refractivity contribution in [1.82, 2.24) is 0 Å². The quantitative estimate of drug-likeness (QED) is 0.669. The van der Waals surface area contributed by atoms with Gasteiger partial charge in [0, 0.05) is 0 Å². The van der Waals surface area contributed by atoms with Crippen molar-refractivity contribution in [2.75, 3.05) is 6.61 Å². The van der Waals surface area contributed by atoms with Crippen LogP contribution in [0.25, 0.3) is 0 Å². The van der Waals surface area contributed by atoms with Gasteiger partial charge in [0.25, 0.3) is 0 Å². The second kappa shape index (κ2) is 7.75. The maximum absolute atomic E-state index is 11.5. The van der Waals surface area contributed by atoms with Crippen LogP contribution < -0.4 is 4.74 Å². The molecule has 0 bridgehead atoms. The Bertz CT molecular complexity index is 781. The van der Waals surface area contributed by atoms with Gasteiger partial charge in [0.05, 0.1) is 12.5 Å². The van der Waals surface area contributed by atoms with Crippen molar-refractivity contribution in [3.63, 3.8) is 0 Å². The number of ether oxygens (including phenoxy) is 1. The van der Waals surface area contributed by atoms with Gasteiger partial charge < -0.3 is 9.84 Å². The van der Waals surface area contributed by atoms with Crippen molar-refractivity contribution in [2.24, 2.45) is 23.7 Å². The van der Waals surface area contributed by atoms with Gasteiger partial charge >= 0.3 is 5.97 Å². The van der Waals surface area contributed by atoms with Crippen LogP contribution in [-0.2, 0) is 11.2 Å². The van der Waals surface area contributed by atoms with E-state index >= 15 is 0 Å². The minimum absolute atomic E-state index is 0.0952. The molecular weight excluding hydrogens is 336 g/mol. The number of benzene rings is 2. The maximum atomic E-state index is 11.5. The average Bonchev–Trinajstić information content (AvgIpc) is 3.59. The summed E-state index contributed by atoms with van der Waals surface area (Å²) in [5.41, 5.74) is 2.52. The lowest BCUT2D eigenvalue weighted by Gasteiger charge is -2.21. The highest BCUT2D eigenvalue weighted by atomic mass is 16.5. The Balaban J connectivity index is 1.34. The molecule has 2 aromatic carbocycles. The highest BCUT2D eigenvalue weighted by Gasteiger charge is 2.39. The monoisotopic (exact) mass is 364 g/mol. The maximum Gasteiger partial charge on any atom is 0.306 e. The van der Waals surface area contributed by atoms with Crippen molar-refractivity contribution in [2.45, 2.75) is 38.5 Å². The summed E-state index contributed by atoms with van der Waals surface area (Å²) in [5, 5.41) is 9.46. The molecule has 3 heteroatoms. The molecule has 0 amide bonds. The fraction of sp³-hybridized carbons (Fsp3) is 0.458. The summed E-state index contributed by atoms with van der Waals surface area (Å²) in [6.07, 6.45) is 4.64. The topological polar surface area (TPSA) is 46.5 Å². The lowest BCUT2D eigenvalue weighted by Crippen LogP contribution is -2.20. The zero-order valence-corrected chi connectivity index (χ0v) is 15.9. The summed E-state index contributed by atoms with van der Waals surface area (Å²) in [6.45, 7) is 2.58. The fourth-order valence-electron chi connectivity index (χ4n) is 4.27. The summed E-state index contributed by atoms with van der Waals surface area (Å²) in [6, 6.07) is 18.8. The first kappa shape index (κ1) is 18.1. The zero-order chi connectivity index (χ0) is 18.8. The Morgan fingerprint density at radius 3 is 2.59 bits per heavy atom. The summed E-state index contributed by atoms with van der Waals surface area (Å²) in [7, 11) is 0. The van der Waals surface area contributed by atoms with E-state index in [1.807, 2.05) is 19.1 Å². The van der Waals surface area contributed by atoms with E-state index in [0.717, 1.165) is 43.1 Å². The van der Waals surface area contributed by atoms with Crippen LogP contribution in [0.1, 0.15) is 43.2 Å². The fourth-order valence-corrected chi connectivity index (χ4v) is 4.27. The molecule has 0 aliphatic heterocycles. The summed E-state index contributed by atoms with van der Waals surface area (Å²) in [5.74, 6) is 1.77. The Hall–Kier alpha value is -2.29. The van der Waals surface area contributed by atoms with Gasteiger partial charge in [-0.25, -0.2) is 0 Å². The molecule has 2 aliphatic rings. The SMILES string of the molecule is CC(C(=O)O)C(c1cccc(OCC2CC2Cc2ccccc2)c1)C1CC1. The van der Waals surface area contributed by atoms with Crippen LogP contribution in [0.15, 0.2) is 54.6 Å². The van der Waals surface area contributed by atoms with Crippen LogP contribution in [0, 0.1) is 23.7 Å². The number of hydrogen-bond donors (Lipinski definition) is 1. The average molecular weight is 364 g/mol. The van der Waals surface area contributed by atoms with Gasteiger partial charge in [-0.15, -0.1) is 0 Å². The molecule has 0 heterocycles. The zero-order valence-electron chi connectivity index (χ0n) is 15.9. The third kappa shape index (κ3) is 4.52. The number of carboxylic acids is 1. The molecule has 0 spiro atoms. The summed E-state index contributed by atoms with van der Waals surface area (Å²) < 4.78 is 6.08. The molecule has 142 valence electrons. The van der Waals surface area contributed by atoms with E-state index < -0.39 is 5.97 Å². The van der Waals surface area contributed by atoms with Crippen LogP contribution in [0.3, 0.4) is 0 Å². The van der Waals surface area contributed by atoms with Crippen molar-refractivity contribution >= 4 is 5.97 Å². The predicted molar refractivity (Wildman–Crippen MR) is 106 cm³/mol. The number of aliphatic carboxylic acids is 1. The van der Waals surface area contributed by atoms with Crippen LogP contribution in [-0.4, -0.2) is 17.7 Å². The van der Waals surface area contributed by atoms with Crippen molar-refractivity contribution in [1.29, 1.82) is 0 Å². The first-order valence-corrected chi connectivity index (χ1v) is 10.1. The molecule has 1 N–H and O–H groups in total. The molecule has 0 aromatic heterocycles. The molecule has 4 atom stereocenters. The predicted octanol–water partition coefficient (Wildman–Crippen LogP) is 5.16. The standard InChI is InChI=1S/C24H28O3/c1-16(24(25)26)23(18-10-11-18)19-8-5-9-22(14-19)27-15-21-13-20(21)12-17-6-3-2-4-7-17/h2-9,14,16,18,20-21,23H,10-13,15H2,1H3,(H,25,26). The molecule has 3 nitrogen and oxygen atoms in total. The third-order valence-electron chi connectivity index (χ3n) is 6.17. The minimum Gasteiger partial charge on any atom is -0.493 e. The van der Waals surface area contributed by atoms with E-state index in [2.05, 4.69) is 42.5 Å². The molecule has 2 aromatic rings. The Kier molecular flexibility index (Phi) is 5.20. The highest BCUT2D eigenvalue weighted by molar-refractivity contribution is 5.71.